The molecule has 0 saturated carbocycles. The minimum atomic E-state index is 0.379. The summed E-state index contributed by atoms with van der Waals surface area (Å²) in [5.41, 5.74) is 0. The number of nitrogens with zero attached hydrogens (tertiary/aromatic N) is 2. The fourth-order valence-corrected chi connectivity index (χ4v) is 2.98. The van der Waals surface area contributed by atoms with Gasteiger partial charge >= 0.3 is 0 Å². The molecular formula is C14H22N2O2. The number of ether oxygens (including phenoxy) is 1. The topological polar surface area (TPSA) is 28.9 Å². The van der Waals surface area contributed by atoms with Crippen molar-refractivity contribution in [1.29, 1.82) is 0 Å². The molecule has 0 amide bonds. The number of likely N-dealkylation sites (N-methyl/N-ethyl adjacent to an activating group) is 1. The maximum absolute atomic E-state index is 5.85. The van der Waals surface area contributed by atoms with E-state index in [9.17, 15) is 0 Å². The molecule has 0 radical (unpaired) electrons. The van der Waals surface area contributed by atoms with Crippen molar-refractivity contribution in [2.24, 2.45) is 0 Å². The van der Waals surface area contributed by atoms with Crippen LogP contribution in [0.25, 0.3) is 0 Å². The summed E-state index contributed by atoms with van der Waals surface area (Å²) < 4.78 is 11.6. The Morgan fingerprint density at radius 1 is 1.28 bits per heavy atom. The highest BCUT2D eigenvalue weighted by atomic mass is 16.5. The van der Waals surface area contributed by atoms with Crippen molar-refractivity contribution in [1.82, 2.24) is 9.80 Å². The first kappa shape index (κ1) is 12.2. The molecule has 0 spiro atoms. The van der Waals surface area contributed by atoms with Crippen LogP contribution in [-0.4, -0.2) is 55.2 Å². The van der Waals surface area contributed by atoms with Crippen LogP contribution in [0.3, 0.4) is 0 Å². The highest BCUT2D eigenvalue weighted by molar-refractivity contribution is 5.08. The molecule has 18 heavy (non-hydrogen) atoms. The summed E-state index contributed by atoms with van der Waals surface area (Å²) in [5, 5.41) is 0. The van der Waals surface area contributed by atoms with Gasteiger partial charge in [-0.15, -0.1) is 0 Å². The molecule has 0 aliphatic carbocycles. The Bertz CT molecular complexity index is 404. The van der Waals surface area contributed by atoms with Gasteiger partial charge in [-0.05, 0) is 19.2 Å². The van der Waals surface area contributed by atoms with Crippen LogP contribution in [0.2, 0.25) is 0 Å². The van der Waals surface area contributed by atoms with E-state index >= 15 is 0 Å². The highest BCUT2D eigenvalue weighted by Crippen LogP contribution is 2.23. The molecule has 100 valence electrons. The Balaban J connectivity index is 1.61. The second-order valence-electron chi connectivity index (χ2n) is 5.37. The van der Waals surface area contributed by atoms with Gasteiger partial charge in [0.25, 0.3) is 0 Å². The van der Waals surface area contributed by atoms with Crippen LogP contribution in [0, 0.1) is 0 Å². The second-order valence-corrected chi connectivity index (χ2v) is 5.37. The van der Waals surface area contributed by atoms with Crippen LogP contribution >= 0.6 is 0 Å². The molecule has 0 aromatic carbocycles. The number of likely N-dealkylation sites (tertiary alicyclic amines) is 1. The van der Waals surface area contributed by atoms with Crippen molar-refractivity contribution in [3.8, 4) is 0 Å². The van der Waals surface area contributed by atoms with Gasteiger partial charge in [0.1, 0.15) is 11.5 Å². The summed E-state index contributed by atoms with van der Waals surface area (Å²) in [7, 11) is 2.20. The van der Waals surface area contributed by atoms with E-state index in [0.717, 1.165) is 50.7 Å². The van der Waals surface area contributed by atoms with Gasteiger partial charge in [-0.2, -0.15) is 0 Å². The molecule has 2 fully saturated rings. The molecule has 2 saturated heterocycles. The van der Waals surface area contributed by atoms with Crippen LogP contribution < -0.4 is 0 Å². The minimum absolute atomic E-state index is 0.379. The maximum atomic E-state index is 5.85. The summed E-state index contributed by atoms with van der Waals surface area (Å²) in [6.07, 6.45) is 1.35. The lowest BCUT2D eigenvalue weighted by molar-refractivity contribution is -0.0370. The van der Waals surface area contributed by atoms with Gasteiger partial charge in [-0.25, -0.2) is 0 Å². The normalized spacial score (nSPS) is 29.7. The van der Waals surface area contributed by atoms with Crippen molar-refractivity contribution in [3.63, 3.8) is 0 Å². The lowest BCUT2D eigenvalue weighted by Crippen LogP contribution is -2.48. The predicted molar refractivity (Wildman–Crippen MR) is 69.5 cm³/mol. The smallest absolute Gasteiger partial charge is 0.118 e. The molecule has 1 aromatic heterocycles. The lowest BCUT2D eigenvalue weighted by atomic mass is 10.1. The Morgan fingerprint density at radius 3 is 2.83 bits per heavy atom. The lowest BCUT2D eigenvalue weighted by Gasteiger charge is -2.33. The van der Waals surface area contributed by atoms with E-state index < -0.39 is 0 Å². The van der Waals surface area contributed by atoms with Crippen LogP contribution in [0.15, 0.2) is 16.5 Å². The van der Waals surface area contributed by atoms with Gasteiger partial charge in [0.15, 0.2) is 0 Å². The summed E-state index contributed by atoms with van der Waals surface area (Å²) in [6.45, 7) is 7.06. The first-order valence-corrected chi connectivity index (χ1v) is 6.88. The molecule has 0 N–H and O–H groups in total. The number of fused-ring (bicyclic) bond motifs is 1. The third-order valence-electron chi connectivity index (χ3n) is 4.10. The van der Waals surface area contributed by atoms with Gasteiger partial charge in [0, 0.05) is 32.1 Å². The Hall–Kier alpha value is -0.840. The largest absolute Gasteiger partial charge is 0.465 e. The summed E-state index contributed by atoms with van der Waals surface area (Å²) in [6, 6.07) is 4.74. The van der Waals surface area contributed by atoms with E-state index in [4.69, 9.17) is 9.15 Å². The zero-order chi connectivity index (χ0) is 12.5. The second kappa shape index (κ2) is 5.03. The molecule has 1 aromatic rings. The summed E-state index contributed by atoms with van der Waals surface area (Å²) in [4.78, 5) is 4.86. The van der Waals surface area contributed by atoms with E-state index in [1.165, 1.54) is 0 Å². The minimum Gasteiger partial charge on any atom is -0.465 e. The van der Waals surface area contributed by atoms with Gasteiger partial charge in [0.05, 0.1) is 19.3 Å². The van der Waals surface area contributed by atoms with Gasteiger partial charge in [-0.3, -0.25) is 9.80 Å². The molecule has 3 rings (SSSR count). The molecular weight excluding hydrogens is 228 g/mol. The SMILES string of the molecule is CCc1ccc(CN2C[C@H]3OCCN(C)[C@H]3C2)o1. The van der Waals surface area contributed by atoms with Crippen LogP contribution in [0.4, 0.5) is 0 Å². The highest BCUT2D eigenvalue weighted by Gasteiger charge is 2.38. The summed E-state index contributed by atoms with van der Waals surface area (Å²) >= 11 is 0. The number of rotatable bonds is 3. The molecule has 0 bridgehead atoms. The number of furan rings is 1. The van der Waals surface area contributed by atoms with E-state index in [0.29, 0.717) is 12.1 Å². The van der Waals surface area contributed by atoms with E-state index in [1.807, 2.05) is 0 Å². The standard InChI is InChI=1S/C14H22N2O2/c1-3-11-4-5-12(18-11)8-16-9-13-14(10-16)17-7-6-15(13)2/h4-5,13-14H,3,6-10H2,1-2H3/t13-,14+/m0/s1. The van der Waals surface area contributed by atoms with Gasteiger partial charge in [-0.1, -0.05) is 6.92 Å². The van der Waals surface area contributed by atoms with Gasteiger partial charge in [0.2, 0.25) is 0 Å². The summed E-state index contributed by atoms with van der Waals surface area (Å²) in [5.74, 6) is 2.16. The maximum Gasteiger partial charge on any atom is 0.118 e. The molecule has 4 nitrogen and oxygen atoms in total. The Morgan fingerprint density at radius 2 is 2.11 bits per heavy atom. The third kappa shape index (κ3) is 2.32. The van der Waals surface area contributed by atoms with Crippen LogP contribution in [0.1, 0.15) is 18.4 Å². The molecule has 2 aliphatic heterocycles. The zero-order valence-corrected chi connectivity index (χ0v) is 11.3. The van der Waals surface area contributed by atoms with Crippen molar-refractivity contribution < 1.29 is 9.15 Å². The van der Waals surface area contributed by atoms with Gasteiger partial charge < -0.3 is 9.15 Å². The van der Waals surface area contributed by atoms with Crippen molar-refractivity contribution >= 4 is 0 Å². The first-order chi connectivity index (χ1) is 8.76. The molecule has 4 heteroatoms. The number of hydrogen-bond acceptors (Lipinski definition) is 4. The average molecular weight is 250 g/mol. The molecule has 0 unspecified atom stereocenters. The molecule has 3 heterocycles. The van der Waals surface area contributed by atoms with Crippen molar-refractivity contribution in [2.45, 2.75) is 32.0 Å². The van der Waals surface area contributed by atoms with Crippen molar-refractivity contribution in [3.05, 3.63) is 23.7 Å². The van der Waals surface area contributed by atoms with E-state index in [-0.39, 0.29) is 0 Å². The van der Waals surface area contributed by atoms with E-state index in [2.05, 4.69) is 35.9 Å². The third-order valence-corrected chi connectivity index (χ3v) is 4.10. The molecule has 2 aliphatic rings. The predicted octanol–water partition coefficient (Wildman–Crippen LogP) is 1.36. The quantitative estimate of drug-likeness (QED) is 0.810. The molecule has 2 atom stereocenters. The number of aryl methyl sites for hydroxylation is 1. The van der Waals surface area contributed by atoms with Crippen LogP contribution in [-0.2, 0) is 17.7 Å². The van der Waals surface area contributed by atoms with Crippen LogP contribution in [0.5, 0.6) is 0 Å². The fraction of sp³-hybridized carbons (Fsp3) is 0.714. The monoisotopic (exact) mass is 250 g/mol. The number of morpholine rings is 1. The Kier molecular flexibility index (Phi) is 3.41. The number of hydrogen-bond donors (Lipinski definition) is 0. The Labute approximate surface area is 108 Å². The average Bonchev–Trinajstić information content (AvgIpc) is 2.96. The zero-order valence-electron chi connectivity index (χ0n) is 11.3. The van der Waals surface area contributed by atoms with Crippen molar-refractivity contribution in [2.75, 3.05) is 33.3 Å². The van der Waals surface area contributed by atoms with E-state index in [1.54, 1.807) is 0 Å². The fourth-order valence-electron chi connectivity index (χ4n) is 2.98. The first-order valence-electron chi connectivity index (χ1n) is 6.88.